The van der Waals surface area contributed by atoms with E-state index in [2.05, 4.69) is 18.1 Å². The molecule has 166 valence electrons. The van der Waals surface area contributed by atoms with Gasteiger partial charge in [-0.25, -0.2) is 18.2 Å². The fourth-order valence-electron chi connectivity index (χ4n) is 2.18. The molecular formula is C9H15N3NaO14P3. The molecule has 0 aliphatic carbocycles. The van der Waals surface area contributed by atoms with Crippen LogP contribution < -0.4 is 45.9 Å². The summed E-state index contributed by atoms with van der Waals surface area (Å²) >= 11 is 0. The van der Waals surface area contributed by atoms with Crippen molar-refractivity contribution in [1.82, 2.24) is 9.55 Å². The standard InChI is InChI=1S/C9H16N3O14P3.Na/c10-5-1-2-12(9(15)11-5)8-7(14)6(13)4(24-8)3-23-28(19,20)26-29(21,22)25-27(16,17)18;/h1-2,4,6-8,13-14H,3H2,(H,19,20)(H,21,22)(H2,10,11,15)(H2,16,17,18);/q;+1/p-1. The van der Waals surface area contributed by atoms with Gasteiger partial charge in [0.1, 0.15) is 24.1 Å². The predicted octanol–water partition coefficient (Wildman–Crippen LogP) is -5.84. The topological polar surface area (TPSA) is 273 Å². The van der Waals surface area contributed by atoms with Crippen LogP contribution in [0.2, 0.25) is 0 Å². The number of hydrogen-bond donors (Lipinski definition) is 6. The molecular weight excluding hydrogens is 490 g/mol. The Hall–Kier alpha value is -0.0300. The van der Waals surface area contributed by atoms with Crippen molar-refractivity contribution in [2.75, 3.05) is 12.3 Å². The Morgan fingerprint density at radius 2 is 1.77 bits per heavy atom. The van der Waals surface area contributed by atoms with Gasteiger partial charge in [-0.1, -0.05) is 0 Å². The second-order valence-corrected chi connectivity index (χ2v) is 9.83. The van der Waals surface area contributed by atoms with Crippen molar-refractivity contribution >= 4 is 29.3 Å². The van der Waals surface area contributed by atoms with Gasteiger partial charge in [0.05, 0.1) is 6.61 Å². The van der Waals surface area contributed by atoms with E-state index in [1.54, 1.807) is 0 Å². The summed E-state index contributed by atoms with van der Waals surface area (Å²) in [5, 5.41) is 20.0. The van der Waals surface area contributed by atoms with Crippen LogP contribution in [0.15, 0.2) is 17.1 Å². The normalized spacial score (nSPS) is 29.9. The summed E-state index contributed by atoms with van der Waals surface area (Å²) in [6.45, 7) is -1.03. The molecule has 2 heterocycles. The smallest absolute Gasteiger partial charge is 0.756 e. The van der Waals surface area contributed by atoms with Gasteiger partial charge in [-0.3, -0.25) is 13.7 Å². The van der Waals surface area contributed by atoms with Gasteiger partial charge in [0.25, 0.3) is 7.82 Å². The summed E-state index contributed by atoms with van der Waals surface area (Å²) in [5.74, 6) is -0.126. The average Bonchev–Trinajstić information content (AvgIpc) is 2.78. The van der Waals surface area contributed by atoms with Crippen LogP contribution in [0.4, 0.5) is 5.82 Å². The van der Waals surface area contributed by atoms with E-state index in [-0.39, 0.29) is 35.4 Å². The molecule has 0 bridgehead atoms. The summed E-state index contributed by atoms with van der Waals surface area (Å²) in [5.41, 5.74) is 4.38. The van der Waals surface area contributed by atoms with Crippen LogP contribution in [-0.4, -0.2) is 59.4 Å². The molecule has 0 aromatic carbocycles. The monoisotopic (exact) mass is 505 g/mol. The molecule has 17 nitrogen and oxygen atoms in total. The van der Waals surface area contributed by atoms with Crippen molar-refractivity contribution in [3.8, 4) is 0 Å². The minimum absolute atomic E-state index is 0. The van der Waals surface area contributed by atoms with E-state index in [1.165, 1.54) is 6.07 Å². The largest absolute Gasteiger partial charge is 1.00 e. The zero-order valence-corrected chi connectivity index (χ0v) is 19.6. The first-order chi connectivity index (χ1) is 13.1. The Kier molecular flexibility index (Phi) is 9.59. The zero-order chi connectivity index (χ0) is 22.2. The number of phosphoric ester groups is 1. The van der Waals surface area contributed by atoms with Gasteiger partial charge in [0.15, 0.2) is 6.23 Å². The van der Waals surface area contributed by atoms with E-state index in [0.29, 0.717) is 0 Å². The minimum Gasteiger partial charge on any atom is -0.756 e. The first kappa shape index (κ1) is 28.0. The van der Waals surface area contributed by atoms with Gasteiger partial charge in [0.2, 0.25) is 0 Å². The molecule has 21 heteroatoms. The van der Waals surface area contributed by atoms with Crippen LogP contribution in [0.5, 0.6) is 0 Å². The summed E-state index contributed by atoms with van der Waals surface area (Å²) in [6.07, 6.45) is -5.43. The first-order valence-electron chi connectivity index (χ1n) is 7.23. The molecule has 0 amide bonds. The number of nitrogens with two attached hydrogens (primary N) is 1. The third-order valence-electron chi connectivity index (χ3n) is 3.28. The van der Waals surface area contributed by atoms with Gasteiger partial charge in [0, 0.05) is 6.20 Å². The van der Waals surface area contributed by atoms with Gasteiger partial charge in [-0.05, 0) is 6.07 Å². The Morgan fingerprint density at radius 1 is 1.17 bits per heavy atom. The van der Waals surface area contributed by atoms with E-state index in [1.807, 2.05) is 0 Å². The Morgan fingerprint density at radius 3 is 2.30 bits per heavy atom. The molecule has 1 aromatic rings. The number of aliphatic hydroxyl groups excluding tert-OH is 2. The molecule has 1 aliphatic rings. The SMILES string of the molecule is Nc1ccn(C2OC(COP(=O)(O)OP(=O)(O)OP(=O)([O-])O)C(O)C2O)c(=O)n1.[Na+]. The van der Waals surface area contributed by atoms with Crippen molar-refractivity contribution < 1.29 is 90.9 Å². The van der Waals surface area contributed by atoms with Crippen molar-refractivity contribution in [2.24, 2.45) is 0 Å². The van der Waals surface area contributed by atoms with E-state index >= 15 is 0 Å². The molecule has 30 heavy (non-hydrogen) atoms. The summed E-state index contributed by atoms with van der Waals surface area (Å²) in [4.78, 5) is 52.3. The van der Waals surface area contributed by atoms with Crippen LogP contribution in [0.25, 0.3) is 0 Å². The maximum Gasteiger partial charge on any atom is 1.00 e. The van der Waals surface area contributed by atoms with Crippen molar-refractivity contribution in [2.45, 2.75) is 24.5 Å². The maximum absolute atomic E-state index is 11.8. The summed E-state index contributed by atoms with van der Waals surface area (Å²) in [7, 11) is -17.1. The molecule has 0 saturated carbocycles. The third-order valence-corrected chi connectivity index (χ3v) is 7.05. The van der Waals surface area contributed by atoms with E-state index in [4.69, 9.17) is 20.3 Å². The molecule has 7 unspecified atom stereocenters. The zero-order valence-electron chi connectivity index (χ0n) is 14.9. The van der Waals surface area contributed by atoms with Crippen LogP contribution in [-0.2, 0) is 31.6 Å². The van der Waals surface area contributed by atoms with Gasteiger partial charge in [-0.15, -0.1) is 0 Å². The van der Waals surface area contributed by atoms with E-state index in [0.717, 1.165) is 10.8 Å². The predicted molar refractivity (Wildman–Crippen MR) is 86.4 cm³/mol. The fraction of sp³-hybridized carbons (Fsp3) is 0.556. The first-order valence-corrected chi connectivity index (χ1v) is 11.7. The number of aliphatic hydroxyl groups is 2. The molecule has 7 atom stereocenters. The maximum atomic E-state index is 11.8. The van der Waals surface area contributed by atoms with Gasteiger partial charge >= 0.3 is 50.9 Å². The van der Waals surface area contributed by atoms with Crippen molar-refractivity contribution in [3.05, 3.63) is 22.7 Å². The number of phosphoric acid groups is 3. The number of aromatic nitrogens is 2. The summed E-state index contributed by atoms with van der Waals surface area (Å²) < 4.78 is 50.4. The van der Waals surface area contributed by atoms with Crippen LogP contribution in [0, 0.1) is 0 Å². The van der Waals surface area contributed by atoms with E-state index in [9.17, 15) is 38.5 Å². The Bertz CT molecular complexity index is 952. The molecule has 1 saturated heterocycles. The molecule has 1 aromatic heterocycles. The molecule has 0 spiro atoms. The average molecular weight is 505 g/mol. The summed E-state index contributed by atoms with van der Waals surface area (Å²) in [6, 6.07) is 1.19. The number of nitrogens with zero attached hydrogens (tertiary/aromatic N) is 2. The van der Waals surface area contributed by atoms with Crippen molar-refractivity contribution in [3.63, 3.8) is 0 Å². The van der Waals surface area contributed by atoms with Crippen LogP contribution in [0.3, 0.4) is 0 Å². The Balaban J connectivity index is 0.00000450. The number of hydrogen-bond acceptors (Lipinski definition) is 13. The number of nitrogen functional groups attached to an aromatic ring is 1. The number of ether oxygens (including phenoxy) is 1. The molecule has 7 N–H and O–H groups in total. The van der Waals surface area contributed by atoms with Crippen LogP contribution >= 0.6 is 23.5 Å². The molecule has 2 rings (SSSR count). The second-order valence-electron chi connectivity index (χ2n) is 5.45. The van der Waals surface area contributed by atoms with Gasteiger partial charge < -0.3 is 40.3 Å². The van der Waals surface area contributed by atoms with E-state index < -0.39 is 60.3 Å². The minimum atomic E-state index is -5.80. The molecule has 1 aliphatic heterocycles. The van der Waals surface area contributed by atoms with Gasteiger partial charge in [-0.2, -0.15) is 9.29 Å². The number of rotatable bonds is 8. The molecule has 0 radical (unpaired) electrons. The molecule has 1 fully saturated rings. The Labute approximate surface area is 189 Å². The third kappa shape index (κ3) is 7.83. The van der Waals surface area contributed by atoms with Crippen LogP contribution in [0.1, 0.15) is 6.23 Å². The van der Waals surface area contributed by atoms with Crippen molar-refractivity contribution in [1.29, 1.82) is 0 Å². The number of anilines is 1. The second kappa shape index (κ2) is 10.3. The fourth-order valence-corrected chi connectivity index (χ4v) is 5.18. The quantitative estimate of drug-likeness (QED) is 0.142.